The summed E-state index contributed by atoms with van der Waals surface area (Å²) in [5.74, 6) is -6.25. The highest BCUT2D eigenvalue weighted by molar-refractivity contribution is 5.97. The Labute approximate surface area is 122 Å². The monoisotopic (exact) mass is 319 g/mol. The fourth-order valence-corrected chi connectivity index (χ4v) is 1.64. The van der Waals surface area contributed by atoms with Crippen molar-refractivity contribution in [2.45, 2.75) is 18.1 Å². The standard InChI is InChI=1S/C12H13F4N5O/c13-8(14)11(15,16)6-22-10-19-9(17)20-12(18,21-10)7-4-2-1-3-5-7/h1-5,8H,6,18H2,(H3,17,19,20,21). The third-order valence-electron chi connectivity index (χ3n) is 2.72. The Morgan fingerprint density at radius 2 is 1.86 bits per heavy atom. The highest BCUT2D eigenvalue weighted by Crippen LogP contribution is 2.25. The second-order valence-electron chi connectivity index (χ2n) is 4.48. The Bertz CT molecular complexity index is 592. The van der Waals surface area contributed by atoms with Gasteiger partial charge in [0.05, 0.1) is 0 Å². The highest BCUT2D eigenvalue weighted by Gasteiger charge is 2.42. The van der Waals surface area contributed by atoms with Gasteiger partial charge in [0.2, 0.25) is 11.7 Å². The molecule has 0 amide bonds. The minimum Gasteiger partial charge on any atom is -0.458 e. The molecule has 0 radical (unpaired) electrons. The van der Waals surface area contributed by atoms with Gasteiger partial charge in [0.1, 0.15) is 0 Å². The molecule has 6 nitrogen and oxygen atoms in total. The number of ether oxygens (including phenoxy) is 1. The maximum atomic E-state index is 12.9. The molecule has 1 aliphatic heterocycles. The van der Waals surface area contributed by atoms with E-state index in [0.29, 0.717) is 5.56 Å². The minimum atomic E-state index is -4.32. The molecular formula is C12H13F4N5O. The molecule has 5 N–H and O–H groups in total. The quantitative estimate of drug-likeness (QED) is 0.720. The molecule has 0 aromatic heterocycles. The second kappa shape index (κ2) is 5.79. The van der Waals surface area contributed by atoms with Crippen LogP contribution in [0.2, 0.25) is 0 Å². The lowest BCUT2D eigenvalue weighted by Crippen LogP contribution is -2.50. The first-order valence-corrected chi connectivity index (χ1v) is 6.08. The van der Waals surface area contributed by atoms with Crippen molar-refractivity contribution >= 4 is 12.0 Å². The number of alkyl halides is 4. The molecule has 1 heterocycles. The zero-order valence-corrected chi connectivity index (χ0v) is 11.1. The summed E-state index contributed by atoms with van der Waals surface area (Å²) in [5.41, 5.74) is 11.9. The van der Waals surface area contributed by atoms with E-state index < -0.39 is 30.8 Å². The van der Waals surface area contributed by atoms with E-state index in [0.717, 1.165) is 0 Å². The zero-order valence-electron chi connectivity index (χ0n) is 11.1. The molecule has 2 rings (SSSR count). The van der Waals surface area contributed by atoms with Crippen LogP contribution in [0.3, 0.4) is 0 Å². The van der Waals surface area contributed by atoms with Crippen LogP contribution < -0.4 is 16.8 Å². The van der Waals surface area contributed by atoms with Crippen LogP contribution in [0.4, 0.5) is 17.6 Å². The van der Waals surface area contributed by atoms with Crippen molar-refractivity contribution in [3.63, 3.8) is 0 Å². The van der Waals surface area contributed by atoms with Gasteiger partial charge in [-0.25, -0.2) is 13.8 Å². The van der Waals surface area contributed by atoms with Gasteiger partial charge < -0.3 is 10.5 Å². The van der Waals surface area contributed by atoms with Crippen molar-refractivity contribution in [3.05, 3.63) is 35.9 Å². The van der Waals surface area contributed by atoms with Gasteiger partial charge in [-0.3, -0.25) is 11.1 Å². The van der Waals surface area contributed by atoms with E-state index in [2.05, 4.69) is 20.0 Å². The number of hydrogen-bond donors (Lipinski definition) is 3. The van der Waals surface area contributed by atoms with Crippen molar-refractivity contribution < 1.29 is 22.3 Å². The lowest BCUT2D eigenvalue weighted by Gasteiger charge is -2.27. The summed E-state index contributed by atoms with van der Waals surface area (Å²) in [6.07, 6.45) is -3.86. The zero-order chi connectivity index (χ0) is 16.4. The third-order valence-corrected chi connectivity index (χ3v) is 2.72. The Kier molecular flexibility index (Phi) is 4.22. The van der Waals surface area contributed by atoms with E-state index in [4.69, 9.17) is 11.5 Å². The van der Waals surface area contributed by atoms with Gasteiger partial charge in [-0.15, -0.1) is 0 Å². The Hall–Kier alpha value is -2.36. The fraction of sp³-hybridized carbons (Fsp3) is 0.333. The van der Waals surface area contributed by atoms with Crippen molar-refractivity contribution in [1.29, 1.82) is 0 Å². The second-order valence-corrected chi connectivity index (χ2v) is 4.48. The van der Waals surface area contributed by atoms with Crippen LogP contribution in [0, 0.1) is 0 Å². The molecule has 0 fully saturated rings. The SMILES string of the molecule is NC1=NC(N)(c2ccccc2)N=C(OCC(F)(F)C(F)F)N1. The number of nitrogens with zero attached hydrogens (tertiary/aromatic N) is 2. The van der Waals surface area contributed by atoms with Crippen molar-refractivity contribution in [3.8, 4) is 0 Å². The van der Waals surface area contributed by atoms with Crippen molar-refractivity contribution in [2.24, 2.45) is 21.5 Å². The molecule has 10 heteroatoms. The molecule has 1 aromatic rings. The summed E-state index contributed by atoms with van der Waals surface area (Å²) in [6, 6.07) is 7.73. The van der Waals surface area contributed by atoms with Gasteiger partial charge in [-0.2, -0.15) is 13.8 Å². The van der Waals surface area contributed by atoms with Gasteiger partial charge in [-0.1, -0.05) is 30.3 Å². The predicted molar refractivity (Wildman–Crippen MR) is 71.4 cm³/mol. The van der Waals surface area contributed by atoms with Gasteiger partial charge in [0, 0.05) is 5.56 Å². The minimum absolute atomic E-state index is 0.239. The Morgan fingerprint density at radius 1 is 1.23 bits per heavy atom. The lowest BCUT2D eigenvalue weighted by molar-refractivity contribution is -0.151. The molecule has 0 aliphatic carbocycles. The van der Waals surface area contributed by atoms with Crippen LogP contribution >= 0.6 is 0 Å². The summed E-state index contributed by atoms with van der Waals surface area (Å²) in [4.78, 5) is 7.68. The first-order valence-electron chi connectivity index (χ1n) is 6.08. The summed E-state index contributed by atoms with van der Waals surface area (Å²) in [5, 5.41) is 2.25. The third kappa shape index (κ3) is 3.45. The van der Waals surface area contributed by atoms with Crippen LogP contribution in [0.25, 0.3) is 0 Å². The van der Waals surface area contributed by atoms with Crippen LogP contribution in [-0.4, -0.2) is 30.9 Å². The molecule has 120 valence electrons. The molecule has 0 bridgehead atoms. The van der Waals surface area contributed by atoms with E-state index in [1.165, 1.54) is 0 Å². The number of amidine groups is 1. The number of hydrogen-bond acceptors (Lipinski definition) is 6. The van der Waals surface area contributed by atoms with Crippen LogP contribution in [0.15, 0.2) is 40.3 Å². The molecule has 22 heavy (non-hydrogen) atoms. The topological polar surface area (TPSA) is 98.0 Å². The molecule has 0 spiro atoms. The number of nitrogens with two attached hydrogens (primary N) is 2. The smallest absolute Gasteiger partial charge is 0.340 e. The molecule has 0 saturated carbocycles. The number of benzene rings is 1. The maximum absolute atomic E-state index is 12.9. The van der Waals surface area contributed by atoms with E-state index in [-0.39, 0.29) is 5.96 Å². The molecule has 1 aliphatic rings. The number of halogens is 4. The first kappa shape index (κ1) is 16.0. The predicted octanol–water partition coefficient (Wildman–Crippen LogP) is 0.946. The molecule has 1 unspecified atom stereocenters. The largest absolute Gasteiger partial charge is 0.458 e. The summed E-state index contributed by atoms with van der Waals surface area (Å²) >= 11 is 0. The van der Waals surface area contributed by atoms with E-state index in [1.54, 1.807) is 30.3 Å². The van der Waals surface area contributed by atoms with E-state index >= 15 is 0 Å². The number of aliphatic imine (C=N–C) groups is 2. The number of nitrogens with one attached hydrogen (secondary N) is 1. The van der Waals surface area contributed by atoms with Gasteiger partial charge in [-0.05, 0) is 0 Å². The number of rotatable bonds is 4. The number of guanidine groups is 1. The van der Waals surface area contributed by atoms with E-state index in [9.17, 15) is 17.6 Å². The fourth-order valence-electron chi connectivity index (χ4n) is 1.64. The van der Waals surface area contributed by atoms with Crippen molar-refractivity contribution in [2.75, 3.05) is 6.61 Å². The van der Waals surface area contributed by atoms with Gasteiger partial charge >= 0.3 is 12.3 Å². The molecular weight excluding hydrogens is 306 g/mol. The summed E-state index contributed by atoms with van der Waals surface area (Å²) < 4.78 is 54.5. The van der Waals surface area contributed by atoms with Gasteiger partial charge in [0.15, 0.2) is 6.61 Å². The van der Waals surface area contributed by atoms with E-state index in [1.807, 2.05) is 0 Å². The normalized spacial score (nSPS) is 21.9. The Balaban J connectivity index is 2.20. The van der Waals surface area contributed by atoms with Crippen LogP contribution in [0.1, 0.15) is 5.56 Å². The molecule has 1 atom stereocenters. The Morgan fingerprint density at radius 3 is 2.45 bits per heavy atom. The average Bonchev–Trinajstić information content (AvgIpc) is 2.45. The highest BCUT2D eigenvalue weighted by atomic mass is 19.3. The average molecular weight is 319 g/mol. The molecule has 0 saturated heterocycles. The lowest BCUT2D eigenvalue weighted by atomic mass is 10.1. The summed E-state index contributed by atoms with van der Waals surface area (Å²) in [6.45, 7) is -1.57. The molecule has 1 aromatic carbocycles. The van der Waals surface area contributed by atoms with Crippen LogP contribution in [-0.2, 0) is 10.5 Å². The van der Waals surface area contributed by atoms with Crippen LogP contribution in [0.5, 0.6) is 0 Å². The first-order chi connectivity index (χ1) is 10.2. The van der Waals surface area contributed by atoms with Crippen molar-refractivity contribution in [1.82, 2.24) is 5.32 Å². The summed E-state index contributed by atoms with van der Waals surface area (Å²) in [7, 11) is 0. The van der Waals surface area contributed by atoms with Gasteiger partial charge in [0.25, 0.3) is 6.02 Å². The maximum Gasteiger partial charge on any atom is 0.340 e.